The third-order valence-electron chi connectivity index (χ3n) is 5.68. The van der Waals surface area contributed by atoms with E-state index >= 15 is 0 Å². The molecule has 37 heavy (non-hydrogen) atoms. The maximum absolute atomic E-state index is 13.2. The summed E-state index contributed by atoms with van der Waals surface area (Å²) in [6.45, 7) is 0. The Morgan fingerprint density at radius 1 is 1.03 bits per heavy atom. The lowest BCUT2D eigenvalue weighted by molar-refractivity contribution is -0.137. The molecule has 0 unspecified atom stereocenters. The van der Waals surface area contributed by atoms with Crippen LogP contribution >= 0.6 is 11.6 Å². The van der Waals surface area contributed by atoms with Crippen molar-refractivity contribution in [2.75, 3.05) is 17.3 Å². The number of hydrogen-bond donors (Lipinski definition) is 2. The number of alkyl halides is 3. The Kier molecular flexibility index (Phi) is 6.26. The van der Waals surface area contributed by atoms with Crippen LogP contribution in [0.2, 0.25) is 5.02 Å². The highest BCUT2D eigenvalue weighted by Gasteiger charge is 2.33. The number of aromatic amines is 1. The molecule has 2 aromatic carbocycles. The number of imidazole rings is 1. The molecule has 0 saturated carbocycles. The first-order valence-corrected chi connectivity index (χ1v) is 11.4. The molecule has 5 aromatic rings. The molecule has 0 radical (unpaired) electrons. The van der Waals surface area contributed by atoms with E-state index in [-0.39, 0.29) is 5.56 Å². The van der Waals surface area contributed by atoms with E-state index in [1.165, 1.54) is 6.07 Å². The van der Waals surface area contributed by atoms with Crippen LogP contribution in [-0.4, -0.2) is 32.9 Å². The number of carbonyl (C=O) groups is 1. The normalized spacial score (nSPS) is 11.5. The fraction of sp³-hybridized carbons (Fsp3) is 0.0769. The molecule has 3 heterocycles. The van der Waals surface area contributed by atoms with Crippen LogP contribution in [0.3, 0.4) is 0 Å². The minimum atomic E-state index is -4.67. The molecule has 186 valence electrons. The summed E-state index contributed by atoms with van der Waals surface area (Å²) in [6.07, 6.45) is 0.405. The third kappa shape index (κ3) is 4.96. The van der Waals surface area contributed by atoms with E-state index in [4.69, 9.17) is 11.6 Å². The molecular weight excluding hydrogens is 505 g/mol. The van der Waals surface area contributed by atoms with Crippen LogP contribution in [0.25, 0.3) is 22.4 Å². The molecule has 0 bridgehead atoms. The van der Waals surface area contributed by atoms with Gasteiger partial charge in [-0.15, -0.1) is 0 Å². The summed E-state index contributed by atoms with van der Waals surface area (Å²) in [4.78, 5) is 31.0. The van der Waals surface area contributed by atoms with Crippen LogP contribution in [0.4, 0.5) is 30.4 Å². The highest BCUT2D eigenvalue weighted by atomic mass is 35.5. The van der Waals surface area contributed by atoms with Gasteiger partial charge in [0, 0.05) is 42.6 Å². The average Bonchev–Trinajstić information content (AvgIpc) is 3.31. The van der Waals surface area contributed by atoms with Gasteiger partial charge in [-0.25, -0.2) is 9.97 Å². The van der Waals surface area contributed by atoms with E-state index in [0.29, 0.717) is 28.4 Å². The maximum atomic E-state index is 13.2. The van der Waals surface area contributed by atoms with E-state index in [1.807, 2.05) is 30.1 Å². The molecule has 2 N–H and O–H groups in total. The highest BCUT2D eigenvalue weighted by Crippen LogP contribution is 2.35. The molecule has 0 fully saturated rings. The minimum Gasteiger partial charge on any atom is -0.338 e. The van der Waals surface area contributed by atoms with Crippen molar-refractivity contribution in [1.29, 1.82) is 0 Å². The third-order valence-corrected chi connectivity index (χ3v) is 6.01. The predicted molar refractivity (Wildman–Crippen MR) is 136 cm³/mol. The summed E-state index contributed by atoms with van der Waals surface area (Å²) in [5.74, 6) is 0.536. The van der Waals surface area contributed by atoms with Gasteiger partial charge in [0.15, 0.2) is 0 Å². The number of pyridine rings is 2. The molecule has 0 aliphatic heterocycles. The zero-order valence-electron chi connectivity index (χ0n) is 19.2. The second kappa shape index (κ2) is 9.55. The Morgan fingerprint density at radius 3 is 2.57 bits per heavy atom. The standard InChI is InChI=1S/C26H18ClF3N6O/c1-36(17-8-11-31-12-9-17)24-18(3-2-10-32-24)23-34-21-7-5-16(14-22(21)35-23)33-25(37)15-4-6-20(27)19(13-15)26(28,29)30/h2-14H,1H3,(H,33,37)(H,34,35). The van der Waals surface area contributed by atoms with E-state index in [2.05, 4.69) is 25.3 Å². The summed E-state index contributed by atoms with van der Waals surface area (Å²) < 4.78 is 39.5. The van der Waals surface area contributed by atoms with Crippen molar-refractivity contribution in [3.05, 3.63) is 95.4 Å². The number of nitrogens with zero attached hydrogens (tertiary/aromatic N) is 4. The Morgan fingerprint density at radius 2 is 1.81 bits per heavy atom. The Bertz CT molecular complexity index is 1600. The summed E-state index contributed by atoms with van der Waals surface area (Å²) in [5.41, 5.74) is 2.06. The average molecular weight is 523 g/mol. The smallest absolute Gasteiger partial charge is 0.338 e. The van der Waals surface area contributed by atoms with Crippen molar-refractivity contribution in [3.8, 4) is 11.4 Å². The van der Waals surface area contributed by atoms with Gasteiger partial charge in [-0.1, -0.05) is 11.6 Å². The first kappa shape index (κ1) is 24.3. The van der Waals surface area contributed by atoms with Gasteiger partial charge in [0.1, 0.15) is 11.6 Å². The molecule has 0 aliphatic carbocycles. The van der Waals surface area contributed by atoms with Gasteiger partial charge in [-0.2, -0.15) is 13.2 Å². The summed E-state index contributed by atoms with van der Waals surface area (Å²) in [5, 5.41) is 2.15. The maximum Gasteiger partial charge on any atom is 0.417 e. The molecule has 0 spiro atoms. The second-order valence-electron chi connectivity index (χ2n) is 8.10. The first-order valence-electron chi connectivity index (χ1n) is 11.0. The lowest BCUT2D eigenvalue weighted by Gasteiger charge is -2.20. The van der Waals surface area contributed by atoms with Gasteiger partial charge >= 0.3 is 6.18 Å². The number of hydrogen-bond acceptors (Lipinski definition) is 5. The molecule has 1 amide bonds. The quantitative estimate of drug-likeness (QED) is 0.268. The van der Waals surface area contributed by atoms with Crippen molar-refractivity contribution >= 4 is 45.7 Å². The van der Waals surface area contributed by atoms with Crippen LogP contribution in [0.5, 0.6) is 0 Å². The Hall–Kier alpha value is -4.44. The fourth-order valence-electron chi connectivity index (χ4n) is 3.84. The van der Waals surface area contributed by atoms with Crippen LogP contribution < -0.4 is 10.2 Å². The lowest BCUT2D eigenvalue weighted by atomic mass is 10.1. The van der Waals surface area contributed by atoms with Crippen molar-refractivity contribution in [2.24, 2.45) is 0 Å². The number of anilines is 3. The molecule has 11 heteroatoms. The van der Waals surface area contributed by atoms with Gasteiger partial charge in [0.2, 0.25) is 0 Å². The second-order valence-corrected chi connectivity index (χ2v) is 8.51. The van der Waals surface area contributed by atoms with Crippen LogP contribution in [0.1, 0.15) is 15.9 Å². The number of rotatable bonds is 5. The molecule has 0 saturated heterocycles. The van der Waals surface area contributed by atoms with Crippen molar-refractivity contribution in [2.45, 2.75) is 6.18 Å². The zero-order valence-corrected chi connectivity index (χ0v) is 20.0. The number of carbonyl (C=O) groups excluding carboxylic acids is 1. The Labute approximate surface area is 214 Å². The fourth-order valence-corrected chi connectivity index (χ4v) is 4.07. The Balaban J connectivity index is 1.43. The molecule has 7 nitrogen and oxygen atoms in total. The number of benzene rings is 2. The monoisotopic (exact) mass is 522 g/mol. The van der Waals surface area contributed by atoms with Crippen molar-refractivity contribution < 1.29 is 18.0 Å². The van der Waals surface area contributed by atoms with Crippen LogP contribution in [0, 0.1) is 0 Å². The van der Waals surface area contributed by atoms with Gasteiger partial charge in [0.05, 0.1) is 27.2 Å². The highest BCUT2D eigenvalue weighted by molar-refractivity contribution is 6.31. The molecule has 0 atom stereocenters. The topological polar surface area (TPSA) is 86.8 Å². The summed E-state index contributed by atoms with van der Waals surface area (Å²) >= 11 is 5.66. The van der Waals surface area contributed by atoms with E-state index in [9.17, 15) is 18.0 Å². The number of halogens is 4. The summed E-state index contributed by atoms with van der Waals surface area (Å²) in [6, 6.07) is 15.4. The summed E-state index contributed by atoms with van der Waals surface area (Å²) in [7, 11) is 1.89. The van der Waals surface area contributed by atoms with E-state index < -0.39 is 22.7 Å². The van der Waals surface area contributed by atoms with Gasteiger partial charge in [-0.3, -0.25) is 9.78 Å². The number of fused-ring (bicyclic) bond motifs is 1. The van der Waals surface area contributed by atoms with Crippen molar-refractivity contribution in [1.82, 2.24) is 19.9 Å². The van der Waals surface area contributed by atoms with Crippen LogP contribution in [0.15, 0.2) is 79.3 Å². The molecule has 3 aromatic heterocycles. The largest absolute Gasteiger partial charge is 0.417 e. The number of aromatic nitrogens is 4. The van der Waals surface area contributed by atoms with Crippen molar-refractivity contribution in [3.63, 3.8) is 0 Å². The van der Waals surface area contributed by atoms with Gasteiger partial charge in [-0.05, 0) is 60.7 Å². The zero-order chi connectivity index (χ0) is 26.2. The lowest BCUT2D eigenvalue weighted by Crippen LogP contribution is -2.14. The van der Waals surface area contributed by atoms with E-state index in [1.54, 1.807) is 42.9 Å². The van der Waals surface area contributed by atoms with E-state index in [0.717, 1.165) is 23.4 Å². The molecular formula is C26H18ClF3N6O. The van der Waals surface area contributed by atoms with Gasteiger partial charge < -0.3 is 15.2 Å². The number of nitrogens with one attached hydrogen (secondary N) is 2. The number of amides is 1. The predicted octanol–water partition coefficient (Wildman–Crippen LogP) is 6.71. The minimum absolute atomic E-state index is 0.165. The molecule has 0 aliphatic rings. The van der Waals surface area contributed by atoms with Crippen LogP contribution in [-0.2, 0) is 6.18 Å². The number of H-pyrrole nitrogens is 1. The van der Waals surface area contributed by atoms with Gasteiger partial charge in [0.25, 0.3) is 5.91 Å². The SMILES string of the molecule is CN(c1ccncc1)c1ncccc1-c1nc2ccc(NC(=O)c3ccc(Cl)c(C(F)(F)F)c3)cc2[nH]1. The first-order chi connectivity index (χ1) is 17.7. The molecule has 5 rings (SSSR count).